The van der Waals surface area contributed by atoms with Gasteiger partial charge in [-0.1, -0.05) is 0 Å². The fourth-order valence-electron chi connectivity index (χ4n) is 1.94. The molecule has 6 heteroatoms. The monoisotopic (exact) mass is 250 g/mol. The number of ether oxygens (including phenoxy) is 1. The number of hydrazine groups is 1. The summed E-state index contributed by atoms with van der Waals surface area (Å²) in [5, 5.41) is 0. The molecule has 5 nitrogen and oxygen atoms in total. The van der Waals surface area contributed by atoms with Gasteiger partial charge in [-0.25, -0.2) is 8.42 Å². The summed E-state index contributed by atoms with van der Waals surface area (Å²) in [6.45, 7) is 0.814. The number of hydrogen-bond donors (Lipinski definition) is 2. The van der Waals surface area contributed by atoms with Crippen LogP contribution >= 0.6 is 0 Å². The Morgan fingerprint density at radius 1 is 1.50 bits per heavy atom. The molecule has 0 spiro atoms. The maximum atomic E-state index is 11.0. The van der Waals surface area contributed by atoms with Gasteiger partial charge in [0.2, 0.25) is 0 Å². The summed E-state index contributed by atoms with van der Waals surface area (Å²) < 4.78 is 27.7. The first-order valence-corrected chi connectivity index (χ1v) is 7.83. The molecule has 0 amide bonds. The normalized spacial score (nSPS) is 24.2. The molecule has 0 saturated carbocycles. The fraction of sp³-hybridized carbons (Fsp3) is 1.00. The van der Waals surface area contributed by atoms with Crippen LogP contribution < -0.4 is 11.3 Å². The molecule has 0 aromatic heterocycles. The second-order valence-electron chi connectivity index (χ2n) is 4.51. The third-order valence-electron chi connectivity index (χ3n) is 2.89. The van der Waals surface area contributed by atoms with Gasteiger partial charge in [-0.2, -0.15) is 0 Å². The molecule has 1 rings (SSSR count). The summed E-state index contributed by atoms with van der Waals surface area (Å²) in [6, 6.07) is 0.0258. The fourth-order valence-corrected chi connectivity index (χ4v) is 2.65. The Hall–Kier alpha value is -0.170. The van der Waals surface area contributed by atoms with Crippen molar-refractivity contribution in [3.8, 4) is 0 Å². The minimum absolute atomic E-state index is 0.0258. The van der Waals surface area contributed by atoms with Gasteiger partial charge in [0.1, 0.15) is 9.84 Å². The summed E-state index contributed by atoms with van der Waals surface area (Å²) in [5.74, 6) is 5.59. The summed E-state index contributed by atoms with van der Waals surface area (Å²) in [4.78, 5) is 0. The van der Waals surface area contributed by atoms with Gasteiger partial charge >= 0.3 is 0 Å². The Kier molecular flexibility index (Phi) is 5.68. The highest BCUT2D eigenvalue weighted by Crippen LogP contribution is 2.18. The highest BCUT2D eigenvalue weighted by Gasteiger charge is 2.19. The average molecular weight is 250 g/mol. The Morgan fingerprint density at radius 3 is 2.75 bits per heavy atom. The van der Waals surface area contributed by atoms with E-state index in [2.05, 4.69) is 5.43 Å². The lowest BCUT2D eigenvalue weighted by Gasteiger charge is -2.26. The van der Waals surface area contributed by atoms with E-state index in [4.69, 9.17) is 10.6 Å². The molecule has 0 aromatic carbocycles. The van der Waals surface area contributed by atoms with Crippen molar-refractivity contribution in [1.82, 2.24) is 5.43 Å². The minimum atomic E-state index is -2.91. The van der Waals surface area contributed by atoms with Gasteiger partial charge in [0.05, 0.1) is 11.9 Å². The zero-order chi connectivity index (χ0) is 12.0. The zero-order valence-corrected chi connectivity index (χ0v) is 10.6. The van der Waals surface area contributed by atoms with Gasteiger partial charge in [0.25, 0.3) is 0 Å². The van der Waals surface area contributed by atoms with Gasteiger partial charge in [-0.3, -0.25) is 11.3 Å². The molecule has 1 saturated heterocycles. The second kappa shape index (κ2) is 6.54. The van der Waals surface area contributed by atoms with Crippen LogP contribution in [0.5, 0.6) is 0 Å². The average Bonchev–Trinajstić information content (AvgIpc) is 2.24. The Balaban J connectivity index is 2.30. The van der Waals surface area contributed by atoms with Crippen molar-refractivity contribution in [1.29, 1.82) is 0 Å². The van der Waals surface area contributed by atoms with E-state index in [0.29, 0.717) is 6.42 Å². The van der Waals surface area contributed by atoms with Gasteiger partial charge in [-0.15, -0.1) is 0 Å². The second-order valence-corrected chi connectivity index (χ2v) is 6.77. The first kappa shape index (κ1) is 13.9. The van der Waals surface area contributed by atoms with Crippen molar-refractivity contribution < 1.29 is 13.2 Å². The van der Waals surface area contributed by atoms with Crippen molar-refractivity contribution in [2.75, 3.05) is 18.6 Å². The van der Waals surface area contributed by atoms with Gasteiger partial charge in [0, 0.05) is 18.9 Å². The summed E-state index contributed by atoms with van der Waals surface area (Å²) in [5.41, 5.74) is 2.68. The first-order chi connectivity index (χ1) is 7.51. The summed E-state index contributed by atoms with van der Waals surface area (Å²) >= 11 is 0. The number of sulfone groups is 1. The van der Waals surface area contributed by atoms with Crippen LogP contribution in [0.2, 0.25) is 0 Å². The minimum Gasteiger partial charge on any atom is -0.378 e. The van der Waals surface area contributed by atoms with Crippen LogP contribution in [-0.2, 0) is 14.6 Å². The lowest BCUT2D eigenvalue weighted by Crippen LogP contribution is -2.40. The smallest absolute Gasteiger partial charge is 0.147 e. The first-order valence-electron chi connectivity index (χ1n) is 5.76. The van der Waals surface area contributed by atoms with Crippen molar-refractivity contribution in [3.05, 3.63) is 0 Å². The highest BCUT2D eigenvalue weighted by molar-refractivity contribution is 7.90. The van der Waals surface area contributed by atoms with E-state index in [1.54, 1.807) is 0 Å². The van der Waals surface area contributed by atoms with E-state index in [-0.39, 0.29) is 17.9 Å². The number of nitrogens with one attached hydrogen (secondary N) is 1. The molecule has 2 unspecified atom stereocenters. The van der Waals surface area contributed by atoms with Crippen LogP contribution in [0.3, 0.4) is 0 Å². The SMILES string of the molecule is CS(=O)(=O)CCC(CC1CCCCO1)NN. The van der Waals surface area contributed by atoms with Crippen molar-refractivity contribution >= 4 is 9.84 Å². The van der Waals surface area contributed by atoms with Gasteiger partial charge < -0.3 is 4.74 Å². The van der Waals surface area contributed by atoms with E-state index >= 15 is 0 Å². The van der Waals surface area contributed by atoms with Crippen LogP contribution in [0, 0.1) is 0 Å². The third kappa shape index (κ3) is 5.79. The zero-order valence-electron chi connectivity index (χ0n) is 9.81. The largest absolute Gasteiger partial charge is 0.378 e. The van der Waals surface area contributed by atoms with Crippen LogP contribution in [0.15, 0.2) is 0 Å². The van der Waals surface area contributed by atoms with Gasteiger partial charge in [-0.05, 0) is 32.1 Å². The lowest BCUT2D eigenvalue weighted by molar-refractivity contribution is 0.00503. The van der Waals surface area contributed by atoms with Crippen LogP contribution in [-0.4, -0.2) is 39.2 Å². The summed E-state index contributed by atoms with van der Waals surface area (Å²) in [7, 11) is -2.91. The van der Waals surface area contributed by atoms with E-state index in [9.17, 15) is 8.42 Å². The highest BCUT2D eigenvalue weighted by atomic mass is 32.2. The number of rotatable bonds is 6. The molecule has 3 N–H and O–H groups in total. The molecule has 1 aliphatic heterocycles. The van der Waals surface area contributed by atoms with E-state index < -0.39 is 9.84 Å². The molecule has 0 radical (unpaired) electrons. The maximum Gasteiger partial charge on any atom is 0.147 e. The third-order valence-corrected chi connectivity index (χ3v) is 3.87. The van der Waals surface area contributed by atoms with Crippen molar-refractivity contribution in [2.24, 2.45) is 5.84 Å². The number of nitrogens with two attached hydrogens (primary N) is 1. The predicted octanol–water partition coefficient (Wildman–Crippen LogP) is 0.212. The lowest BCUT2D eigenvalue weighted by atomic mass is 10.0. The summed E-state index contributed by atoms with van der Waals surface area (Å²) in [6.07, 6.45) is 6.19. The Morgan fingerprint density at radius 2 is 2.25 bits per heavy atom. The Labute approximate surface area is 97.6 Å². The van der Waals surface area contributed by atoms with E-state index in [1.165, 1.54) is 12.7 Å². The Bertz CT molecular complexity index is 286. The molecule has 1 fully saturated rings. The predicted molar refractivity (Wildman–Crippen MR) is 63.6 cm³/mol. The molecular weight excluding hydrogens is 228 g/mol. The molecule has 2 atom stereocenters. The molecule has 1 aliphatic rings. The van der Waals surface area contributed by atoms with Crippen molar-refractivity contribution in [3.63, 3.8) is 0 Å². The molecule has 0 aromatic rings. The van der Waals surface area contributed by atoms with Crippen LogP contribution in [0.1, 0.15) is 32.1 Å². The van der Waals surface area contributed by atoms with Gasteiger partial charge in [0.15, 0.2) is 0 Å². The molecule has 0 bridgehead atoms. The van der Waals surface area contributed by atoms with Crippen molar-refractivity contribution in [2.45, 2.75) is 44.2 Å². The van der Waals surface area contributed by atoms with Crippen LogP contribution in [0.25, 0.3) is 0 Å². The molecule has 1 heterocycles. The molecule has 96 valence electrons. The quantitative estimate of drug-likeness (QED) is 0.520. The maximum absolute atomic E-state index is 11.0. The van der Waals surface area contributed by atoms with E-state index in [1.807, 2.05) is 0 Å². The molecule has 16 heavy (non-hydrogen) atoms. The van der Waals surface area contributed by atoms with Crippen LogP contribution in [0.4, 0.5) is 0 Å². The molecule has 0 aliphatic carbocycles. The standard InChI is InChI=1S/C10H22N2O3S/c1-16(13,14)7-5-9(12-11)8-10-4-2-3-6-15-10/h9-10,12H,2-8,11H2,1H3. The van der Waals surface area contributed by atoms with E-state index in [0.717, 1.165) is 25.9 Å². The molecular formula is C10H22N2O3S. The number of hydrogen-bond acceptors (Lipinski definition) is 5. The topological polar surface area (TPSA) is 81.4 Å².